The number of nitrogens with one attached hydrogen (secondary N) is 1. The molecule has 4 heteroatoms. The fraction of sp³-hybridized carbons (Fsp3) is 0.833. The van der Waals surface area contributed by atoms with Crippen LogP contribution in [0, 0.1) is 5.92 Å². The van der Waals surface area contributed by atoms with Crippen molar-refractivity contribution >= 4 is 5.84 Å². The van der Waals surface area contributed by atoms with Crippen LogP contribution < -0.4 is 5.48 Å². The van der Waals surface area contributed by atoms with Crippen LogP contribution in [0.5, 0.6) is 0 Å². The van der Waals surface area contributed by atoms with Crippen molar-refractivity contribution in [1.82, 2.24) is 5.48 Å². The molecule has 1 saturated carbocycles. The summed E-state index contributed by atoms with van der Waals surface area (Å²) in [5.41, 5.74) is 2.07. The first-order valence-corrected chi connectivity index (χ1v) is 3.32. The van der Waals surface area contributed by atoms with E-state index in [0.29, 0.717) is 18.5 Å². The minimum absolute atomic E-state index is 0.319. The molecule has 4 nitrogen and oxygen atoms in total. The third-order valence-electron chi connectivity index (χ3n) is 1.44. The Balaban J connectivity index is 2.30. The molecule has 1 rings (SSSR count). The number of nitrogens with zero attached hydrogens (tertiary/aromatic N) is 1. The quantitative estimate of drug-likeness (QED) is 0.342. The Hall–Kier alpha value is -0.610. The van der Waals surface area contributed by atoms with Gasteiger partial charge in [0.25, 0.3) is 0 Å². The van der Waals surface area contributed by atoms with Crippen LogP contribution in [0.2, 0.25) is 0 Å². The number of rotatable bonds is 3. The van der Waals surface area contributed by atoms with Crippen molar-refractivity contribution in [2.45, 2.75) is 12.8 Å². The fourth-order valence-corrected chi connectivity index (χ4v) is 0.747. The largest absolute Gasteiger partial charge is 0.362 e. The smallest absolute Gasteiger partial charge is 0.139 e. The Bertz CT molecular complexity index is 132. The van der Waals surface area contributed by atoms with E-state index in [1.165, 1.54) is 0 Å². The molecule has 1 aliphatic rings. The molecule has 1 fully saturated rings. The predicted octanol–water partition coefficient (Wildman–Crippen LogP) is 0.378. The topological polar surface area (TPSA) is 53.8 Å². The van der Waals surface area contributed by atoms with E-state index in [2.05, 4.69) is 10.5 Å². The summed E-state index contributed by atoms with van der Waals surface area (Å²) in [6, 6.07) is 0. The molecule has 0 aromatic heterocycles. The maximum Gasteiger partial charge on any atom is 0.139 e. The van der Waals surface area contributed by atoms with E-state index in [0.717, 1.165) is 12.8 Å². The second-order valence-electron chi connectivity index (χ2n) is 2.35. The highest BCUT2D eigenvalue weighted by Crippen LogP contribution is 2.29. The molecule has 0 spiro atoms. The highest BCUT2D eigenvalue weighted by molar-refractivity contribution is 5.85. The van der Waals surface area contributed by atoms with Gasteiger partial charge in [-0.2, -0.15) is 0 Å². The zero-order chi connectivity index (χ0) is 7.40. The summed E-state index contributed by atoms with van der Waals surface area (Å²) in [7, 11) is 1.57. The third kappa shape index (κ3) is 1.97. The number of ether oxygens (including phenoxy) is 1. The summed E-state index contributed by atoms with van der Waals surface area (Å²) in [6.45, 7) is 0.319. The molecule has 0 heterocycles. The van der Waals surface area contributed by atoms with Gasteiger partial charge in [-0.05, 0) is 12.8 Å². The molecule has 0 aromatic rings. The zero-order valence-electron chi connectivity index (χ0n) is 6.00. The van der Waals surface area contributed by atoms with Gasteiger partial charge in [0, 0.05) is 13.0 Å². The molecule has 0 amide bonds. The molecule has 0 unspecified atom stereocenters. The highest BCUT2D eigenvalue weighted by Gasteiger charge is 2.27. The standard InChI is InChI=1S/C6H12N2O2/c1-10-4-7-6(8-9)5-2-3-5/h5,9H,2-4H2,1H3,(H,7,8). The molecule has 58 valence electrons. The molecule has 0 aliphatic heterocycles. The minimum Gasteiger partial charge on any atom is -0.362 e. The number of hydroxylamine groups is 1. The first kappa shape index (κ1) is 7.50. The normalized spacial score (nSPS) is 19.2. The van der Waals surface area contributed by atoms with Crippen LogP contribution in [-0.4, -0.2) is 24.9 Å². The Morgan fingerprint density at radius 2 is 2.50 bits per heavy atom. The van der Waals surface area contributed by atoms with Crippen LogP contribution in [0.1, 0.15) is 12.8 Å². The van der Waals surface area contributed by atoms with Crippen molar-refractivity contribution < 1.29 is 9.94 Å². The lowest BCUT2D eigenvalue weighted by molar-refractivity contribution is 0.200. The van der Waals surface area contributed by atoms with E-state index >= 15 is 0 Å². The lowest BCUT2D eigenvalue weighted by Crippen LogP contribution is -2.21. The van der Waals surface area contributed by atoms with E-state index in [1.54, 1.807) is 7.11 Å². The Kier molecular flexibility index (Phi) is 2.65. The summed E-state index contributed by atoms with van der Waals surface area (Å²) in [6.07, 6.45) is 2.24. The van der Waals surface area contributed by atoms with Gasteiger partial charge in [0.15, 0.2) is 0 Å². The van der Waals surface area contributed by atoms with Crippen LogP contribution in [0.15, 0.2) is 4.99 Å². The molecule has 10 heavy (non-hydrogen) atoms. The molecular weight excluding hydrogens is 132 g/mol. The average molecular weight is 144 g/mol. The number of amidine groups is 1. The predicted molar refractivity (Wildman–Crippen MR) is 37.0 cm³/mol. The van der Waals surface area contributed by atoms with E-state index in [-0.39, 0.29) is 0 Å². The SMILES string of the molecule is COCN=C(NO)C1CC1. The van der Waals surface area contributed by atoms with Gasteiger partial charge in [-0.3, -0.25) is 10.7 Å². The number of aliphatic imine (C=N–C) groups is 1. The van der Waals surface area contributed by atoms with Gasteiger partial charge in [-0.1, -0.05) is 0 Å². The molecule has 0 saturated heterocycles. The number of methoxy groups -OCH3 is 1. The maximum atomic E-state index is 8.53. The molecule has 0 atom stereocenters. The van der Waals surface area contributed by atoms with Crippen LogP contribution in [0.25, 0.3) is 0 Å². The third-order valence-corrected chi connectivity index (χ3v) is 1.44. The first-order chi connectivity index (χ1) is 4.88. The number of hydrogen-bond donors (Lipinski definition) is 2. The van der Waals surface area contributed by atoms with Crippen LogP contribution in [0.4, 0.5) is 0 Å². The van der Waals surface area contributed by atoms with Crippen molar-refractivity contribution in [3.05, 3.63) is 0 Å². The van der Waals surface area contributed by atoms with Gasteiger partial charge < -0.3 is 4.74 Å². The van der Waals surface area contributed by atoms with Crippen molar-refractivity contribution in [1.29, 1.82) is 0 Å². The second kappa shape index (κ2) is 3.53. The van der Waals surface area contributed by atoms with Crippen LogP contribution in [0.3, 0.4) is 0 Å². The van der Waals surface area contributed by atoms with Gasteiger partial charge in [0.05, 0.1) is 0 Å². The molecule has 0 radical (unpaired) electrons. The summed E-state index contributed by atoms with van der Waals surface area (Å²) in [5, 5.41) is 8.53. The van der Waals surface area contributed by atoms with E-state index in [9.17, 15) is 0 Å². The summed E-state index contributed by atoms with van der Waals surface area (Å²) >= 11 is 0. The van der Waals surface area contributed by atoms with Gasteiger partial charge in [-0.15, -0.1) is 0 Å². The summed E-state index contributed by atoms with van der Waals surface area (Å²) in [5.74, 6) is 1.10. The second-order valence-corrected chi connectivity index (χ2v) is 2.35. The summed E-state index contributed by atoms with van der Waals surface area (Å²) < 4.78 is 4.71. The van der Waals surface area contributed by atoms with Crippen molar-refractivity contribution in [2.24, 2.45) is 10.9 Å². The van der Waals surface area contributed by atoms with Crippen molar-refractivity contribution in [3.8, 4) is 0 Å². The van der Waals surface area contributed by atoms with Crippen molar-refractivity contribution in [3.63, 3.8) is 0 Å². The molecule has 1 aliphatic carbocycles. The Morgan fingerprint density at radius 1 is 1.80 bits per heavy atom. The Morgan fingerprint density at radius 3 is 2.90 bits per heavy atom. The maximum absolute atomic E-state index is 8.53. The van der Waals surface area contributed by atoms with Gasteiger partial charge in [0.2, 0.25) is 0 Å². The molecular formula is C6H12N2O2. The lowest BCUT2D eigenvalue weighted by atomic mass is 10.4. The van der Waals surface area contributed by atoms with E-state index < -0.39 is 0 Å². The van der Waals surface area contributed by atoms with Crippen LogP contribution >= 0.6 is 0 Å². The first-order valence-electron chi connectivity index (χ1n) is 3.32. The zero-order valence-corrected chi connectivity index (χ0v) is 6.00. The number of hydrogen-bond acceptors (Lipinski definition) is 3. The van der Waals surface area contributed by atoms with Crippen molar-refractivity contribution in [2.75, 3.05) is 13.8 Å². The minimum atomic E-state index is 0.319. The molecule has 0 aromatic carbocycles. The average Bonchev–Trinajstić information content (AvgIpc) is 2.73. The lowest BCUT2D eigenvalue weighted by Gasteiger charge is -2.00. The molecule has 0 bridgehead atoms. The van der Waals surface area contributed by atoms with Crippen LogP contribution in [-0.2, 0) is 4.74 Å². The highest BCUT2D eigenvalue weighted by atomic mass is 16.5. The van der Waals surface area contributed by atoms with E-state index in [1.807, 2.05) is 0 Å². The van der Waals surface area contributed by atoms with Gasteiger partial charge >= 0.3 is 0 Å². The van der Waals surface area contributed by atoms with E-state index in [4.69, 9.17) is 9.94 Å². The Labute approximate surface area is 59.9 Å². The van der Waals surface area contributed by atoms with Gasteiger partial charge in [0.1, 0.15) is 12.6 Å². The van der Waals surface area contributed by atoms with Gasteiger partial charge in [-0.25, -0.2) is 4.99 Å². The monoisotopic (exact) mass is 144 g/mol. The summed E-state index contributed by atoms with van der Waals surface area (Å²) in [4.78, 5) is 3.96. The fourth-order valence-electron chi connectivity index (χ4n) is 0.747. The molecule has 2 N–H and O–H groups in total.